The summed E-state index contributed by atoms with van der Waals surface area (Å²) in [4.78, 5) is 15.9. The van der Waals surface area contributed by atoms with Gasteiger partial charge < -0.3 is 9.67 Å². The van der Waals surface area contributed by atoms with Gasteiger partial charge in [0.05, 0.1) is 18.8 Å². The zero-order valence-corrected chi connectivity index (χ0v) is 7.36. The Bertz CT molecular complexity index is 283. The standard InChI is InChI=1S/C8H12N2O3/c1-10-3-2-7(6-10)8(12)9-13-5-4-11/h2-3,6,11H,4-5H2,1H3,(H,9,12). The molecule has 5 nitrogen and oxygen atoms in total. The largest absolute Gasteiger partial charge is 0.394 e. The van der Waals surface area contributed by atoms with Crippen LogP contribution < -0.4 is 5.48 Å². The lowest BCUT2D eigenvalue weighted by Gasteiger charge is -2.01. The van der Waals surface area contributed by atoms with Crippen molar-refractivity contribution in [3.8, 4) is 0 Å². The Morgan fingerprint density at radius 1 is 1.77 bits per heavy atom. The lowest BCUT2D eigenvalue weighted by Crippen LogP contribution is -2.24. The summed E-state index contributed by atoms with van der Waals surface area (Å²) >= 11 is 0. The van der Waals surface area contributed by atoms with Crippen LogP contribution >= 0.6 is 0 Å². The number of nitrogens with zero attached hydrogens (tertiary/aromatic N) is 1. The van der Waals surface area contributed by atoms with Crippen LogP contribution in [-0.4, -0.2) is 28.8 Å². The average molecular weight is 184 g/mol. The molecule has 0 aromatic carbocycles. The van der Waals surface area contributed by atoms with Gasteiger partial charge in [-0.1, -0.05) is 0 Å². The Labute approximate surface area is 75.9 Å². The van der Waals surface area contributed by atoms with E-state index in [1.165, 1.54) is 0 Å². The van der Waals surface area contributed by atoms with E-state index in [1.807, 2.05) is 7.05 Å². The number of aliphatic hydroxyl groups is 1. The van der Waals surface area contributed by atoms with E-state index in [0.717, 1.165) is 0 Å². The molecule has 0 atom stereocenters. The predicted molar refractivity (Wildman–Crippen MR) is 45.9 cm³/mol. The Balaban J connectivity index is 2.40. The second-order valence-electron chi connectivity index (χ2n) is 2.57. The first-order valence-electron chi connectivity index (χ1n) is 3.89. The molecule has 1 rings (SSSR count). The van der Waals surface area contributed by atoms with Crippen LogP contribution in [-0.2, 0) is 11.9 Å². The van der Waals surface area contributed by atoms with Gasteiger partial charge in [0.15, 0.2) is 0 Å². The number of aliphatic hydroxyl groups excluding tert-OH is 1. The molecule has 0 aliphatic rings. The van der Waals surface area contributed by atoms with E-state index in [9.17, 15) is 4.79 Å². The van der Waals surface area contributed by atoms with Gasteiger partial charge in [-0.25, -0.2) is 5.48 Å². The first-order chi connectivity index (χ1) is 6.24. The normalized spacial score (nSPS) is 10.0. The lowest BCUT2D eigenvalue weighted by molar-refractivity contribution is 0.0168. The molecule has 5 heteroatoms. The highest BCUT2D eigenvalue weighted by Crippen LogP contribution is 1.98. The summed E-state index contributed by atoms with van der Waals surface area (Å²) in [6.45, 7) is -0.0202. The van der Waals surface area contributed by atoms with Crippen LogP contribution in [0.25, 0.3) is 0 Å². The molecule has 1 heterocycles. The molecule has 1 aromatic heterocycles. The van der Waals surface area contributed by atoms with E-state index in [4.69, 9.17) is 5.11 Å². The predicted octanol–water partition coefficient (Wildman–Crippen LogP) is -0.321. The number of hydrogen-bond donors (Lipinski definition) is 2. The van der Waals surface area contributed by atoms with Crippen molar-refractivity contribution in [2.45, 2.75) is 0 Å². The maximum absolute atomic E-state index is 11.2. The number of carbonyl (C=O) groups excluding carboxylic acids is 1. The Morgan fingerprint density at radius 3 is 3.08 bits per heavy atom. The van der Waals surface area contributed by atoms with Gasteiger partial charge >= 0.3 is 0 Å². The quantitative estimate of drug-likeness (QED) is 0.498. The molecule has 13 heavy (non-hydrogen) atoms. The number of hydroxylamine groups is 1. The fourth-order valence-electron chi connectivity index (χ4n) is 0.859. The average Bonchev–Trinajstić information content (AvgIpc) is 2.52. The van der Waals surface area contributed by atoms with Gasteiger partial charge in [0.1, 0.15) is 0 Å². The van der Waals surface area contributed by atoms with Crippen LogP contribution in [0.4, 0.5) is 0 Å². The molecule has 1 aromatic rings. The first-order valence-corrected chi connectivity index (χ1v) is 3.89. The SMILES string of the molecule is Cn1ccc(C(=O)NOCCO)c1. The highest BCUT2D eigenvalue weighted by molar-refractivity contribution is 5.93. The summed E-state index contributed by atoms with van der Waals surface area (Å²) in [5, 5.41) is 8.37. The lowest BCUT2D eigenvalue weighted by atomic mass is 10.3. The maximum Gasteiger partial charge on any atom is 0.276 e. The van der Waals surface area contributed by atoms with Crippen molar-refractivity contribution in [2.24, 2.45) is 7.05 Å². The molecule has 0 saturated carbocycles. The fraction of sp³-hybridized carbons (Fsp3) is 0.375. The third-order valence-corrected chi connectivity index (χ3v) is 1.45. The molecule has 0 aliphatic carbocycles. The summed E-state index contributed by atoms with van der Waals surface area (Å²) in [6.07, 6.45) is 3.44. The summed E-state index contributed by atoms with van der Waals surface area (Å²) in [6, 6.07) is 1.68. The molecule has 72 valence electrons. The monoisotopic (exact) mass is 184 g/mol. The number of aromatic nitrogens is 1. The number of hydrogen-bond acceptors (Lipinski definition) is 3. The Kier molecular flexibility index (Phi) is 3.48. The van der Waals surface area contributed by atoms with Crippen molar-refractivity contribution >= 4 is 5.91 Å². The van der Waals surface area contributed by atoms with E-state index in [-0.39, 0.29) is 19.1 Å². The van der Waals surface area contributed by atoms with Crippen molar-refractivity contribution in [2.75, 3.05) is 13.2 Å². The van der Waals surface area contributed by atoms with Crippen molar-refractivity contribution in [1.82, 2.24) is 10.0 Å². The Hall–Kier alpha value is -1.33. The van der Waals surface area contributed by atoms with Crippen LogP contribution in [0.3, 0.4) is 0 Å². The van der Waals surface area contributed by atoms with Crippen molar-refractivity contribution in [3.05, 3.63) is 24.0 Å². The first kappa shape index (κ1) is 9.76. The smallest absolute Gasteiger partial charge is 0.276 e. The van der Waals surface area contributed by atoms with Crippen molar-refractivity contribution < 1.29 is 14.7 Å². The molecule has 0 saturated heterocycles. The van der Waals surface area contributed by atoms with Gasteiger partial charge in [-0.3, -0.25) is 9.63 Å². The van der Waals surface area contributed by atoms with Crippen molar-refractivity contribution in [1.29, 1.82) is 0 Å². The number of nitrogens with one attached hydrogen (secondary N) is 1. The van der Waals surface area contributed by atoms with Gasteiger partial charge in [0.2, 0.25) is 0 Å². The number of aryl methyl sites for hydroxylation is 1. The Morgan fingerprint density at radius 2 is 2.54 bits per heavy atom. The van der Waals surface area contributed by atoms with E-state index in [2.05, 4.69) is 10.3 Å². The summed E-state index contributed by atoms with van der Waals surface area (Å²) in [7, 11) is 1.82. The van der Waals surface area contributed by atoms with Gasteiger partial charge in [-0.15, -0.1) is 0 Å². The number of carbonyl (C=O) groups is 1. The summed E-state index contributed by atoms with van der Waals surface area (Å²) in [5.41, 5.74) is 2.73. The van der Waals surface area contributed by atoms with Gasteiger partial charge in [0, 0.05) is 19.4 Å². The molecule has 0 bridgehead atoms. The second-order valence-corrected chi connectivity index (χ2v) is 2.57. The van der Waals surface area contributed by atoms with E-state index >= 15 is 0 Å². The minimum absolute atomic E-state index is 0.0958. The van der Waals surface area contributed by atoms with E-state index in [1.54, 1.807) is 23.0 Å². The van der Waals surface area contributed by atoms with Gasteiger partial charge in [-0.2, -0.15) is 0 Å². The van der Waals surface area contributed by atoms with E-state index < -0.39 is 0 Å². The molecular formula is C8H12N2O3. The molecule has 1 amide bonds. The summed E-state index contributed by atoms with van der Waals surface area (Å²) < 4.78 is 1.76. The van der Waals surface area contributed by atoms with Gasteiger partial charge in [-0.05, 0) is 6.07 Å². The molecule has 0 spiro atoms. The van der Waals surface area contributed by atoms with Crippen LogP contribution in [0.1, 0.15) is 10.4 Å². The maximum atomic E-state index is 11.2. The minimum Gasteiger partial charge on any atom is -0.394 e. The molecule has 2 N–H and O–H groups in total. The third kappa shape index (κ3) is 2.89. The highest BCUT2D eigenvalue weighted by Gasteiger charge is 2.05. The number of rotatable bonds is 4. The zero-order valence-electron chi connectivity index (χ0n) is 7.36. The molecule has 0 fully saturated rings. The minimum atomic E-state index is -0.311. The molecule has 0 aliphatic heterocycles. The highest BCUT2D eigenvalue weighted by atomic mass is 16.7. The van der Waals surface area contributed by atoms with Gasteiger partial charge in [0.25, 0.3) is 5.91 Å². The van der Waals surface area contributed by atoms with E-state index in [0.29, 0.717) is 5.56 Å². The fourth-order valence-corrected chi connectivity index (χ4v) is 0.859. The van der Waals surface area contributed by atoms with Crippen LogP contribution in [0.15, 0.2) is 18.5 Å². The zero-order chi connectivity index (χ0) is 9.68. The topological polar surface area (TPSA) is 63.5 Å². The van der Waals surface area contributed by atoms with Crippen LogP contribution in [0.2, 0.25) is 0 Å². The molecule has 0 unspecified atom stereocenters. The molecule has 0 radical (unpaired) electrons. The van der Waals surface area contributed by atoms with Crippen molar-refractivity contribution in [3.63, 3.8) is 0 Å². The number of amides is 1. The third-order valence-electron chi connectivity index (χ3n) is 1.45. The molecular weight excluding hydrogens is 172 g/mol. The second kappa shape index (κ2) is 4.64. The van der Waals surface area contributed by atoms with Crippen LogP contribution in [0, 0.1) is 0 Å². The van der Waals surface area contributed by atoms with Crippen LogP contribution in [0.5, 0.6) is 0 Å². The summed E-state index contributed by atoms with van der Waals surface area (Å²) in [5.74, 6) is -0.311.